The van der Waals surface area contributed by atoms with Crippen LogP contribution in [0.5, 0.6) is 0 Å². The predicted molar refractivity (Wildman–Crippen MR) is 38.7 cm³/mol. The van der Waals surface area contributed by atoms with Crippen LogP contribution in [-0.2, 0) is 0 Å². The van der Waals surface area contributed by atoms with Gasteiger partial charge in [-0.25, -0.2) is 9.66 Å². The summed E-state index contributed by atoms with van der Waals surface area (Å²) in [5.74, 6) is 5.50. The number of nitrogens with zero attached hydrogens (tertiary/aromatic N) is 2. The summed E-state index contributed by atoms with van der Waals surface area (Å²) in [6, 6.07) is 8.57. The molecule has 2 aromatic rings. The molecular weight excluding hydrogens is 126 g/mol. The highest BCUT2D eigenvalue weighted by atomic mass is 15.3. The van der Waals surface area contributed by atoms with Crippen LogP contribution in [0.3, 0.4) is 0 Å². The summed E-state index contributed by atoms with van der Waals surface area (Å²) in [6.07, 6.45) is 1.57. The maximum atomic E-state index is 5.50. The minimum Gasteiger partial charge on any atom is -0.338 e. The Morgan fingerprint density at radius 2 is 2.50 bits per heavy atom. The molecule has 0 saturated heterocycles. The molecule has 1 heterocycles. The molecule has 0 aliphatic heterocycles. The summed E-state index contributed by atoms with van der Waals surface area (Å²) >= 11 is 0. The SMILES string of the molecule is Nn1cnc2ccc[c]c21. The summed E-state index contributed by atoms with van der Waals surface area (Å²) in [5.41, 5.74) is 1.72. The number of hydrogen-bond acceptors (Lipinski definition) is 2. The van der Waals surface area contributed by atoms with Gasteiger partial charge in [0.1, 0.15) is 6.33 Å². The van der Waals surface area contributed by atoms with Crippen LogP contribution in [-0.4, -0.2) is 9.66 Å². The van der Waals surface area contributed by atoms with Gasteiger partial charge in [-0.3, -0.25) is 0 Å². The smallest absolute Gasteiger partial charge is 0.115 e. The molecule has 0 fully saturated rings. The van der Waals surface area contributed by atoms with E-state index >= 15 is 0 Å². The fourth-order valence-electron chi connectivity index (χ4n) is 0.912. The van der Waals surface area contributed by atoms with E-state index in [1.807, 2.05) is 18.2 Å². The summed E-state index contributed by atoms with van der Waals surface area (Å²) in [6.45, 7) is 0. The van der Waals surface area contributed by atoms with E-state index in [-0.39, 0.29) is 0 Å². The van der Waals surface area contributed by atoms with E-state index in [0.29, 0.717) is 0 Å². The van der Waals surface area contributed by atoms with Crippen molar-refractivity contribution in [1.82, 2.24) is 9.66 Å². The molecule has 0 atom stereocenters. The first-order valence-corrected chi connectivity index (χ1v) is 2.97. The zero-order valence-electron chi connectivity index (χ0n) is 5.28. The van der Waals surface area contributed by atoms with Crippen LogP contribution in [0, 0.1) is 6.07 Å². The Balaban J connectivity index is 2.93. The first-order chi connectivity index (χ1) is 4.88. The van der Waals surface area contributed by atoms with Gasteiger partial charge < -0.3 is 5.84 Å². The molecule has 3 heteroatoms. The van der Waals surface area contributed by atoms with Gasteiger partial charge in [-0.15, -0.1) is 0 Å². The molecule has 0 spiro atoms. The van der Waals surface area contributed by atoms with Crippen LogP contribution in [0.1, 0.15) is 0 Å². The minimum absolute atomic E-state index is 0.836. The van der Waals surface area contributed by atoms with Crippen molar-refractivity contribution in [3.63, 3.8) is 0 Å². The number of nitrogens with two attached hydrogens (primary N) is 1. The highest BCUT2D eigenvalue weighted by Crippen LogP contribution is 2.06. The van der Waals surface area contributed by atoms with Crippen LogP contribution in [0.15, 0.2) is 24.5 Å². The summed E-state index contributed by atoms with van der Waals surface area (Å²) in [5, 5.41) is 0. The lowest BCUT2D eigenvalue weighted by Gasteiger charge is -1.89. The van der Waals surface area contributed by atoms with Crippen LogP contribution in [0.25, 0.3) is 11.0 Å². The highest BCUT2D eigenvalue weighted by molar-refractivity contribution is 5.74. The number of fused-ring (bicyclic) bond motifs is 1. The molecule has 1 radical (unpaired) electrons. The molecule has 49 valence electrons. The van der Waals surface area contributed by atoms with Gasteiger partial charge in [0, 0.05) is 6.07 Å². The van der Waals surface area contributed by atoms with Gasteiger partial charge in [0.15, 0.2) is 0 Å². The number of hydrogen-bond donors (Lipinski definition) is 1. The molecule has 2 N–H and O–H groups in total. The summed E-state index contributed by atoms with van der Waals surface area (Å²) in [7, 11) is 0. The second kappa shape index (κ2) is 1.73. The second-order valence-electron chi connectivity index (χ2n) is 2.06. The van der Waals surface area contributed by atoms with Crippen LogP contribution < -0.4 is 5.84 Å². The average Bonchev–Trinajstić information content (AvgIpc) is 2.34. The largest absolute Gasteiger partial charge is 0.338 e. The first-order valence-electron chi connectivity index (χ1n) is 2.97. The van der Waals surface area contributed by atoms with Gasteiger partial charge >= 0.3 is 0 Å². The van der Waals surface area contributed by atoms with Gasteiger partial charge in [0.25, 0.3) is 0 Å². The molecule has 1 aromatic heterocycles. The lowest BCUT2D eigenvalue weighted by Crippen LogP contribution is -2.04. The molecule has 0 bridgehead atoms. The molecule has 10 heavy (non-hydrogen) atoms. The average molecular weight is 132 g/mol. The van der Waals surface area contributed by atoms with E-state index in [2.05, 4.69) is 11.1 Å². The van der Waals surface area contributed by atoms with Crippen LogP contribution in [0.4, 0.5) is 0 Å². The topological polar surface area (TPSA) is 43.8 Å². The third-order valence-corrected chi connectivity index (χ3v) is 1.39. The molecular formula is C7H6N3. The van der Waals surface area contributed by atoms with Gasteiger partial charge in [-0.2, -0.15) is 0 Å². The van der Waals surface area contributed by atoms with Crippen molar-refractivity contribution in [2.45, 2.75) is 0 Å². The summed E-state index contributed by atoms with van der Waals surface area (Å²) < 4.78 is 1.45. The van der Waals surface area contributed by atoms with Crippen molar-refractivity contribution >= 4 is 11.0 Å². The normalized spacial score (nSPS) is 10.4. The molecule has 0 saturated carbocycles. The maximum Gasteiger partial charge on any atom is 0.115 e. The minimum atomic E-state index is 0.836. The Morgan fingerprint density at radius 1 is 1.60 bits per heavy atom. The number of nitrogen functional groups attached to an aromatic ring is 1. The molecule has 0 aliphatic carbocycles. The van der Waals surface area contributed by atoms with E-state index in [1.165, 1.54) is 4.68 Å². The molecule has 3 nitrogen and oxygen atoms in total. The Hall–Kier alpha value is -1.51. The third kappa shape index (κ3) is 0.572. The zero-order valence-corrected chi connectivity index (χ0v) is 5.28. The fourth-order valence-corrected chi connectivity index (χ4v) is 0.912. The van der Waals surface area contributed by atoms with E-state index in [9.17, 15) is 0 Å². The second-order valence-corrected chi connectivity index (χ2v) is 2.06. The van der Waals surface area contributed by atoms with Crippen molar-refractivity contribution in [3.05, 3.63) is 30.6 Å². The Bertz CT molecular complexity index is 350. The van der Waals surface area contributed by atoms with Crippen molar-refractivity contribution in [2.24, 2.45) is 0 Å². The Kier molecular flexibility index (Phi) is 0.917. The molecule has 2 rings (SSSR count). The molecule has 0 aliphatic rings. The van der Waals surface area contributed by atoms with E-state index in [4.69, 9.17) is 5.84 Å². The number of rotatable bonds is 0. The van der Waals surface area contributed by atoms with E-state index < -0.39 is 0 Å². The monoisotopic (exact) mass is 132 g/mol. The van der Waals surface area contributed by atoms with Gasteiger partial charge in [-0.1, -0.05) is 12.1 Å². The van der Waals surface area contributed by atoms with Crippen molar-refractivity contribution < 1.29 is 0 Å². The maximum absolute atomic E-state index is 5.50. The van der Waals surface area contributed by atoms with E-state index in [0.717, 1.165) is 11.0 Å². The van der Waals surface area contributed by atoms with Gasteiger partial charge in [0.05, 0.1) is 11.0 Å². The predicted octanol–water partition coefficient (Wildman–Crippen LogP) is 0.550. The zero-order chi connectivity index (χ0) is 6.97. The van der Waals surface area contributed by atoms with E-state index in [1.54, 1.807) is 6.33 Å². The molecule has 1 aromatic carbocycles. The van der Waals surface area contributed by atoms with Crippen molar-refractivity contribution in [2.75, 3.05) is 5.84 Å². The van der Waals surface area contributed by atoms with Gasteiger partial charge in [-0.05, 0) is 6.07 Å². The van der Waals surface area contributed by atoms with Crippen LogP contribution in [0.2, 0.25) is 0 Å². The lowest BCUT2D eigenvalue weighted by atomic mass is 10.3. The Labute approximate surface area is 58.1 Å². The Morgan fingerprint density at radius 3 is 3.30 bits per heavy atom. The number of benzene rings is 1. The molecule has 0 amide bonds. The quantitative estimate of drug-likeness (QED) is 0.532. The lowest BCUT2D eigenvalue weighted by molar-refractivity contribution is 1.04. The highest BCUT2D eigenvalue weighted by Gasteiger charge is 1.95. The number of imidazole rings is 1. The van der Waals surface area contributed by atoms with Crippen molar-refractivity contribution in [1.29, 1.82) is 0 Å². The number of aromatic nitrogens is 2. The standard InChI is InChI=1S/C7H6N3/c8-10-5-9-6-3-1-2-4-7(6)10/h1-3,5H,8H2. The summed E-state index contributed by atoms with van der Waals surface area (Å²) in [4.78, 5) is 4.02. The number of para-hydroxylation sites is 1. The first kappa shape index (κ1) is 5.29. The third-order valence-electron chi connectivity index (χ3n) is 1.39. The van der Waals surface area contributed by atoms with Gasteiger partial charge in [0.2, 0.25) is 0 Å². The fraction of sp³-hybridized carbons (Fsp3) is 0. The van der Waals surface area contributed by atoms with Crippen molar-refractivity contribution in [3.8, 4) is 0 Å². The van der Waals surface area contributed by atoms with Crippen LogP contribution >= 0.6 is 0 Å². The molecule has 0 unspecified atom stereocenters.